The van der Waals surface area contributed by atoms with Crippen molar-refractivity contribution in [3.8, 4) is 0 Å². The lowest BCUT2D eigenvalue weighted by Gasteiger charge is -2.73. The van der Waals surface area contributed by atoms with E-state index < -0.39 is 11.4 Å². The molecule has 0 aliphatic heterocycles. The number of aliphatic carboxylic acids is 1. The number of carboxylic acids is 1. The van der Waals surface area contributed by atoms with Gasteiger partial charge in [-0.3, -0.25) is 14.4 Å². The van der Waals surface area contributed by atoms with Crippen LogP contribution in [0.2, 0.25) is 0 Å². The van der Waals surface area contributed by atoms with Crippen molar-refractivity contribution in [2.24, 2.45) is 62.6 Å². The van der Waals surface area contributed by atoms with Crippen LogP contribution < -0.4 is 0 Å². The molecule has 1 N–H and O–H groups in total. The lowest BCUT2D eigenvalue weighted by molar-refractivity contribution is -0.250. The molecule has 0 amide bonds. The van der Waals surface area contributed by atoms with Crippen LogP contribution in [0.5, 0.6) is 0 Å². The Kier molecular flexibility index (Phi) is 6.10. The van der Waals surface area contributed by atoms with E-state index in [1.807, 2.05) is 0 Å². The second-order valence-electron chi connectivity index (χ2n) is 15.5. The zero-order valence-electron chi connectivity index (χ0n) is 24.5. The second-order valence-corrected chi connectivity index (χ2v) is 15.5. The fourth-order valence-electron chi connectivity index (χ4n) is 11.7. The topological polar surface area (TPSA) is 80.7 Å². The zero-order valence-corrected chi connectivity index (χ0v) is 24.5. The number of carboxylic acid groups (broad SMARTS) is 1. The Balaban J connectivity index is 1.56. The average Bonchev–Trinajstić information content (AvgIpc) is 2.80. The van der Waals surface area contributed by atoms with E-state index in [2.05, 4.69) is 48.5 Å². The summed E-state index contributed by atoms with van der Waals surface area (Å²) in [6.07, 6.45) is 7.65. The predicted octanol–water partition coefficient (Wildman–Crippen LogP) is 6.92. The summed E-state index contributed by atoms with van der Waals surface area (Å²) in [7, 11) is 0. The van der Waals surface area contributed by atoms with Gasteiger partial charge in [-0.1, -0.05) is 48.5 Å². The number of Topliss-reactive ketones (excluding diaryl/α,β-unsaturated/α-hetero) is 1. The van der Waals surface area contributed by atoms with Crippen molar-refractivity contribution < 1.29 is 24.2 Å². The highest BCUT2D eigenvalue weighted by Crippen LogP contribution is 2.76. The highest BCUT2D eigenvalue weighted by molar-refractivity contribution is 5.86. The van der Waals surface area contributed by atoms with E-state index in [1.54, 1.807) is 0 Å². The minimum atomic E-state index is -0.750. The Bertz CT molecular complexity index is 1000. The molecule has 5 rings (SSSR count). The molecule has 5 nitrogen and oxygen atoms in total. The van der Waals surface area contributed by atoms with E-state index in [0.717, 1.165) is 38.5 Å². The van der Waals surface area contributed by atoms with Crippen LogP contribution in [0.3, 0.4) is 0 Å². The molecular weight excluding hydrogens is 464 g/mol. The van der Waals surface area contributed by atoms with Crippen LogP contribution in [-0.2, 0) is 19.1 Å². The number of hydrogen-bond acceptors (Lipinski definition) is 4. The third kappa shape index (κ3) is 3.36. The number of carbonyl (C=O) groups is 3. The maximum atomic E-state index is 14.4. The Morgan fingerprint density at radius 3 is 2.16 bits per heavy atom. The molecule has 208 valence electrons. The van der Waals surface area contributed by atoms with E-state index in [4.69, 9.17) is 4.74 Å². The van der Waals surface area contributed by atoms with Crippen LogP contribution >= 0.6 is 0 Å². The summed E-state index contributed by atoms with van der Waals surface area (Å²) in [5.74, 6) is 0.583. The van der Waals surface area contributed by atoms with Crippen molar-refractivity contribution in [1.29, 1.82) is 0 Å². The second kappa shape index (κ2) is 8.31. The Labute approximate surface area is 223 Å². The molecule has 0 aromatic heterocycles. The van der Waals surface area contributed by atoms with Crippen LogP contribution in [0.15, 0.2) is 0 Å². The third-order valence-corrected chi connectivity index (χ3v) is 14.1. The normalized spacial score (nSPS) is 52.6. The molecule has 5 aliphatic rings. The van der Waals surface area contributed by atoms with Gasteiger partial charge in [-0.15, -0.1) is 0 Å². The van der Waals surface area contributed by atoms with E-state index in [9.17, 15) is 19.5 Å². The zero-order chi connectivity index (χ0) is 27.3. The van der Waals surface area contributed by atoms with E-state index >= 15 is 0 Å². The number of carbonyl (C=O) groups excluding carboxylic acids is 2. The number of fused-ring (bicyclic) bond motifs is 7. The highest BCUT2D eigenvalue weighted by Gasteiger charge is 2.73. The fourth-order valence-corrected chi connectivity index (χ4v) is 11.7. The number of rotatable bonds is 2. The van der Waals surface area contributed by atoms with Gasteiger partial charge < -0.3 is 9.84 Å². The largest absolute Gasteiger partial charge is 0.481 e. The predicted molar refractivity (Wildman–Crippen MR) is 143 cm³/mol. The minimum absolute atomic E-state index is 0.00357. The van der Waals surface area contributed by atoms with Gasteiger partial charge in [0, 0.05) is 24.7 Å². The molecule has 0 saturated heterocycles. The maximum Gasteiger partial charge on any atom is 0.309 e. The summed E-state index contributed by atoms with van der Waals surface area (Å²) in [6.45, 7) is 17.8. The molecular formula is C32H50O5. The minimum Gasteiger partial charge on any atom is -0.481 e. The quantitative estimate of drug-likeness (QED) is 0.405. The molecule has 5 aliphatic carbocycles. The number of ether oxygens (including phenoxy) is 1. The molecule has 0 aromatic carbocycles. The van der Waals surface area contributed by atoms with Crippen LogP contribution in [-0.4, -0.2) is 28.9 Å². The third-order valence-electron chi connectivity index (χ3n) is 14.1. The molecule has 0 heterocycles. The van der Waals surface area contributed by atoms with E-state index in [0.29, 0.717) is 36.9 Å². The van der Waals surface area contributed by atoms with Crippen molar-refractivity contribution in [2.45, 2.75) is 119 Å². The number of ketones is 1. The SMILES string of the molecule is CC(=O)O[C@@H]1CC[C@@]2(C)C(CC[C@]3(C)C2CC(=O)C2C4[C@@H](C)[C@H](C)CC[C@]4(C(=O)O)CC[C@]23C)C1(C)C. The Hall–Kier alpha value is -1.39. The first-order valence-electron chi connectivity index (χ1n) is 15.0. The van der Waals surface area contributed by atoms with Crippen LogP contribution in [0.25, 0.3) is 0 Å². The monoisotopic (exact) mass is 514 g/mol. The molecule has 0 bridgehead atoms. The molecule has 37 heavy (non-hydrogen) atoms. The van der Waals surface area contributed by atoms with Crippen molar-refractivity contribution in [2.75, 3.05) is 0 Å². The van der Waals surface area contributed by atoms with Gasteiger partial charge >= 0.3 is 11.9 Å². The van der Waals surface area contributed by atoms with Gasteiger partial charge in [-0.25, -0.2) is 0 Å². The smallest absolute Gasteiger partial charge is 0.309 e. The standard InChI is InChI=1S/C32H50O5/c1-18-9-14-32(27(35)36)16-15-31(8)26(25(32)19(18)2)21(34)17-23-29(6)12-11-24(37-20(3)33)28(4,5)22(29)10-13-30(23,31)7/h18-19,22-26H,9-17H2,1-8H3,(H,35,36)/t18-,19+,22?,23?,24-,25?,26?,29+,30-,31-,32+/m1/s1. The molecule has 11 atom stereocenters. The molecule has 5 fully saturated rings. The van der Waals surface area contributed by atoms with Crippen molar-refractivity contribution in [3.63, 3.8) is 0 Å². The Morgan fingerprint density at radius 2 is 1.54 bits per heavy atom. The number of hydrogen-bond donors (Lipinski definition) is 1. The van der Waals surface area contributed by atoms with Gasteiger partial charge in [-0.05, 0) is 97.2 Å². The van der Waals surface area contributed by atoms with Gasteiger partial charge in [-0.2, -0.15) is 0 Å². The fraction of sp³-hybridized carbons (Fsp3) is 0.906. The first kappa shape index (κ1) is 27.2. The molecule has 5 saturated carbocycles. The van der Waals surface area contributed by atoms with Gasteiger partial charge in [0.05, 0.1) is 5.41 Å². The summed E-state index contributed by atoms with van der Waals surface area (Å²) in [4.78, 5) is 39.2. The van der Waals surface area contributed by atoms with Crippen molar-refractivity contribution in [1.82, 2.24) is 0 Å². The average molecular weight is 515 g/mol. The molecule has 4 unspecified atom stereocenters. The lowest BCUT2D eigenvalue weighted by Crippen LogP contribution is -2.70. The maximum absolute atomic E-state index is 14.4. The van der Waals surface area contributed by atoms with Crippen LogP contribution in [0.4, 0.5) is 0 Å². The lowest BCUT2D eigenvalue weighted by atomic mass is 9.31. The van der Waals surface area contributed by atoms with Crippen LogP contribution in [0, 0.1) is 62.6 Å². The van der Waals surface area contributed by atoms with E-state index in [-0.39, 0.29) is 57.4 Å². The summed E-state index contributed by atoms with van der Waals surface area (Å²) >= 11 is 0. The summed E-state index contributed by atoms with van der Waals surface area (Å²) < 4.78 is 5.84. The summed E-state index contributed by atoms with van der Waals surface area (Å²) in [6, 6.07) is 0. The molecule has 5 heteroatoms. The summed E-state index contributed by atoms with van der Waals surface area (Å²) in [5, 5.41) is 10.6. The molecule has 0 radical (unpaired) electrons. The molecule has 0 spiro atoms. The van der Waals surface area contributed by atoms with E-state index in [1.165, 1.54) is 6.92 Å². The highest BCUT2D eigenvalue weighted by atomic mass is 16.5. The summed E-state index contributed by atoms with van der Waals surface area (Å²) in [5.41, 5.74) is -1.08. The first-order valence-corrected chi connectivity index (χ1v) is 15.0. The van der Waals surface area contributed by atoms with Gasteiger partial charge in [0.2, 0.25) is 0 Å². The first-order chi connectivity index (χ1) is 17.1. The van der Waals surface area contributed by atoms with Crippen LogP contribution in [0.1, 0.15) is 113 Å². The molecule has 0 aromatic rings. The Morgan fingerprint density at radius 1 is 0.865 bits per heavy atom. The van der Waals surface area contributed by atoms with Crippen molar-refractivity contribution >= 4 is 17.7 Å². The van der Waals surface area contributed by atoms with Gasteiger partial charge in [0.25, 0.3) is 0 Å². The van der Waals surface area contributed by atoms with Gasteiger partial charge in [0.15, 0.2) is 0 Å². The van der Waals surface area contributed by atoms with Crippen molar-refractivity contribution in [3.05, 3.63) is 0 Å². The van der Waals surface area contributed by atoms with Gasteiger partial charge in [0.1, 0.15) is 11.9 Å². The number of esters is 1.